The van der Waals surface area contributed by atoms with Crippen LogP contribution in [0.4, 0.5) is 0 Å². The fourth-order valence-corrected chi connectivity index (χ4v) is 3.49. The number of nitrogens with zero attached hydrogens (tertiary/aromatic N) is 2. The third kappa shape index (κ3) is 3.38. The lowest BCUT2D eigenvalue weighted by Crippen LogP contribution is -2.35. The van der Waals surface area contributed by atoms with E-state index < -0.39 is 0 Å². The molecule has 3 rings (SSSR count). The van der Waals surface area contributed by atoms with Crippen LogP contribution in [0.2, 0.25) is 0 Å². The summed E-state index contributed by atoms with van der Waals surface area (Å²) in [7, 11) is 3.22. The van der Waals surface area contributed by atoms with Crippen molar-refractivity contribution in [3.63, 3.8) is 0 Å². The van der Waals surface area contributed by atoms with Gasteiger partial charge in [0, 0.05) is 12.0 Å². The zero-order valence-electron chi connectivity index (χ0n) is 14.4. The summed E-state index contributed by atoms with van der Waals surface area (Å²) in [5, 5.41) is 4.12. The highest BCUT2D eigenvalue weighted by Crippen LogP contribution is 2.38. The highest BCUT2D eigenvalue weighted by atomic mass is 16.5. The molecule has 1 fully saturated rings. The van der Waals surface area contributed by atoms with Gasteiger partial charge in [0.1, 0.15) is 0 Å². The highest BCUT2D eigenvalue weighted by molar-refractivity contribution is 5.60. The van der Waals surface area contributed by atoms with Gasteiger partial charge in [-0.2, -0.15) is 4.98 Å². The molecule has 130 valence electrons. The monoisotopic (exact) mass is 331 g/mol. The minimum Gasteiger partial charge on any atom is -0.493 e. The fourth-order valence-electron chi connectivity index (χ4n) is 3.49. The van der Waals surface area contributed by atoms with Crippen LogP contribution in [-0.2, 0) is 6.42 Å². The molecule has 1 aliphatic carbocycles. The molecule has 0 atom stereocenters. The molecule has 24 heavy (non-hydrogen) atoms. The van der Waals surface area contributed by atoms with Crippen LogP contribution in [-0.4, -0.2) is 30.9 Å². The maximum atomic E-state index is 6.05. The summed E-state index contributed by atoms with van der Waals surface area (Å²) in [4.78, 5) is 4.57. The van der Waals surface area contributed by atoms with Crippen LogP contribution in [0.5, 0.6) is 11.5 Å². The highest BCUT2D eigenvalue weighted by Gasteiger charge is 2.33. The zero-order chi connectivity index (χ0) is 17.0. The molecule has 1 heterocycles. The third-order valence-electron chi connectivity index (χ3n) is 4.98. The van der Waals surface area contributed by atoms with Gasteiger partial charge < -0.3 is 19.7 Å². The summed E-state index contributed by atoms with van der Waals surface area (Å²) in [5.41, 5.74) is 7.01. The molecule has 0 radical (unpaired) electrons. The number of hydrogen-bond donors (Lipinski definition) is 1. The van der Waals surface area contributed by atoms with Crippen molar-refractivity contribution >= 4 is 0 Å². The van der Waals surface area contributed by atoms with Crippen molar-refractivity contribution < 1.29 is 14.0 Å². The van der Waals surface area contributed by atoms with Gasteiger partial charge in [0.2, 0.25) is 11.7 Å². The Balaban J connectivity index is 1.80. The molecule has 0 spiro atoms. The van der Waals surface area contributed by atoms with E-state index in [1.165, 1.54) is 19.3 Å². The first kappa shape index (κ1) is 16.8. The molecule has 0 saturated heterocycles. The molecule has 1 saturated carbocycles. The van der Waals surface area contributed by atoms with Crippen molar-refractivity contribution in [3.05, 3.63) is 24.1 Å². The Hall–Kier alpha value is -2.08. The first-order chi connectivity index (χ1) is 11.7. The van der Waals surface area contributed by atoms with Crippen molar-refractivity contribution in [1.29, 1.82) is 0 Å². The lowest BCUT2D eigenvalue weighted by molar-refractivity contribution is 0.177. The molecule has 1 aromatic carbocycles. The van der Waals surface area contributed by atoms with E-state index in [1.807, 2.05) is 18.2 Å². The molecule has 0 bridgehead atoms. The normalized spacial score (nSPS) is 16.8. The van der Waals surface area contributed by atoms with Gasteiger partial charge in [-0.15, -0.1) is 0 Å². The molecular formula is C18H25N3O3. The Morgan fingerprint density at radius 2 is 1.88 bits per heavy atom. The molecule has 0 aliphatic heterocycles. The predicted octanol–water partition coefficient (Wildman–Crippen LogP) is 3.21. The molecular weight excluding hydrogens is 306 g/mol. The van der Waals surface area contributed by atoms with E-state index in [1.54, 1.807) is 14.2 Å². The maximum absolute atomic E-state index is 6.05. The maximum Gasteiger partial charge on any atom is 0.227 e. The van der Waals surface area contributed by atoms with Gasteiger partial charge >= 0.3 is 0 Å². The third-order valence-corrected chi connectivity index (χ3v) is 4.98. The molecule has 2 N–H and O–H groups in total. The summed E-state index contributed by atoms with van der Waals surface area (Å²) in [6.07, 6.45) is 6.78. The SMILES string of the molecule is COc1ccc(-c2noc(CC3(CN)CCCCC3)n2)cc1OC. The minimum absolute atomic E-state index is 0.111. The van der Waals surface area contributed by atoms with Gasteiger partial charge in [0.05, 0.1) is 14.2 Å². The fraction of sp³-hybridized carbons (Fsp3) is 0.556. The number of nitrogens with two attached hydrogens (primary N) is 1. The van der Waals surface area contributed by atoms with Crippen LogP contribution >= 0.6 is 0 Å². The molecule has 0 unspecified atom stereocenters. The molecule has 6 heteroatoms. The van der Waals surface area contributed by atoms with Crippen LogP contribution in [0.15, 0.2) is 22.7 Å². The van der Waals surface area contributed by atoms with Gasteiger partial charge in [0.25, 0.3) is 0 Å². The standard InChI is InChI=1S/C18H25N3O3/c1-22-14-7-6-13(10-15(14)23-2)17-20-16(24-21-17)11-18(12-19)8-4-3-5-9-18/h6-7,10H,3-5,8-9,11-12,19H2,1-2H3. The molecule has 0 amide bonds. The van der Waals surface area contributed by atoms with E-state index in [2.05, 4.69) is 10.1 Å². The van der Waals surface area contributed by atoms with Crippen LogP contribution in [0.25, 0.3) is 11.4 Å². The first-order valence-corrected chi connectivity index (χ1v) is 8.45. The summed E-state index contributed by atoms with van der Waals surface area (Å²) >= 11 is 0. The van der Waals surface area contributed by atoms with Gasteiger partial charge in [0.15, 0.2) is 11.5 Å². The first-order valence-electron chi connectivity index (χ1n) is 8.45. The Bertz CT molecular complexity index is 678. The topological polar surface area (TPSA) is 83.4 Å². The Kier molecular flexibility index (Phi) is 5.04. The lowest BCUT2D eigenvalue weighted by Gasteiger charge is -2.34. The summed E-state index contributed by atoms with van der Waals surface area (Å²) in [5.74, 6) is 2.54. The quantitative estimate of drug-likeness (QED) is 0.875. The van der Waals surface area contributed by atoms with Crippen molar-refractivity contribution in [3.8, 4) is 22.9 Å². The average molecular weight is 331 g/mol. The molecule has 1 aliphatic rings. The van der Waals surface area contributed by atoms with Crippen molar-refractivity contribution in [2.24, 2.45) is 11.1 Å². The second kappa shape index (κ2) is 7.21. The van der Waals surface area contributed by atoms with Crippen molar-refractivity contribution in [2.45, 2.75) is 38.5 Å². The van der Waals surface area contributed by atoms with Gasteiger partial charge in [-0.3, -0.25) is 0 Å². The lowest BCUT2D eigenvalue weighted by atomic mass is 9.72. The zero-order valence-corrected chi connectivity index (χ0v) is 14.4. The second-order valence-electron chi connectivity index (χ2n) is 6.52. The van der Waals surface area contributed by atoms with Crippen molar-refractivity contribution in [2.75, 3.05) is 20.8 Å². The van der Waals surface area contributed by atoms with E-state index in [9.17, 15) is 0 Å². The number of methoxy groups -OCH3 is 2. The number of rotatable bonds is 6. The number of aromatic nitrogens is 2. The van der Waals surface area contributed by atoms with Crippen LogP contribution in [0.1, 0.15) is 38.0 Å². The minimum atomic E-state index is 0.111. The van der Waals surface area contributed by atoms with E-state index in [0.29, 0.717) is 29.8 Å². The number of ether oxygens (including phenoxy) is 2. The molecule has 1 aromatic heterocycles. The van der Waals surface area contributed by atoms with E-state index in [-0.39, 0.29) is 5.41 Å². The number of benzene rings is 1. The van der Waals surface area contributed by atoms with Crippen LogP contribution in [0, 0.1) is 5.41 Å². The predicted molar refractivity (Wildman–Crippen MR) is 91.1 cm³/mol. The van der Waals surface area contributed by atoms with Gasteiger partial charge in [-0.05, 0) is 43.0 Å². The molecule has 2 aromatic rings. The van der Waals surface area contributed by atoms with Gasteiger partial charge in [-0.1, -0.05) is 24.4 Å². The van der Waals surface area contributed by atoms with Crippen LogP contribution in [0.3, 0.4) is 0 Å². The van der Waals surface area contributed by atoms with Crippen LogP contribution < -0.4 is 15.2 Å². The van der Waals surface area contributed by atoms with E-state index >= 15 is 0 Å². The Labute approximate surface area is 142 Å². The smallest absolute Gasteiger partial charge is 0.227 e. The van der Waals surface area contributed by atoms with Crippen molar-refractivity contribution in [1.82, 2.24) is 10.1 Å². The molecule has 6 nitrogen and oxygen atoms in total. The second-order valence-corrected chi connectivity index (χ2v) is 6.52. The summed E-state index contributed by atoms with van der Waals surface area (Å²) in [6, 6.07) is 5.59. The summed E-state index contributed by atoms with van der Waals surface area (Å²) < 4.78 is 16.1. The number of hydrogen-bond acceptors (Lipinski definition) is 6. The van der Waals surface area contributed by atoms with Gasteiger partial charge in [-0.25, -0.2) is 0 Å². The Morgan fingerprint density at radius 1 is 1.12 bits per heavy atom. The largest absolute Gasteiger partial charge is 0.493 e. The summed E-state index contributed by atoms with van der Waals surface area (Å²) in [6.45, 7) is 0.668. The average Bonchev–Trinajstić information content (AvgIpc) is 3.10. The van der Waals surface area contributed by atoms with E-state index in [4.69, 9.17) is 19.7 Å². The van der Waals surface area contributed by atoms with E-state index in [0.717, 1.165) is 24.8 Å². The Morgan fingerprint density at radius 3 is 2.54 bits per heavy atom.